The Hall–Kier alpha value is -4.04. The van der Waals surface area contributed by atoms with E-state index >= 15 is 0 Å². The minimum atomic E-state index is -0.247. The van der Waals surface area contributed by atoms with Crippen molar-refractivity contribution >= 4 is 40.5 Å². The van der Waals surface area contributed by atoms with Crippen LogP contribution in [0.25, 0.3) is 6.08 Å². The first-order valence-corrected chi connectivity index (χ1v) is 12.6. The molecule has 1 N–H and O–H groups in total. The number of aliphatic imine (C=N–C) groups is 1. The van der Waals surface area contributed by atoms with Crippen LogP contribution in [0.4, 0.5) is 5.69 Å². The molecule has 2 aliphatic heterocycles. The predicted molar refractivity (Wildman–Crippen MR) is 142 cm³/mol. The molecule has 2 heterocycles. The molecule has 0 saturated heterocycles. The van der Waals surface area contributed by atoms with Gasteiger partial charge in [0, 0.05) is 6.54 Å². The van der Waals surface area contributed by atoms with E-state index in [4.69, 9.17) is 9.47 Å². The third-order valence-electron chi connectivity index (χ3n) is 5.73. The highest BCUT2D eigenvalue weighted by Gasteiger charge is 2.32. The normalized spacial score (nSPS) is 15.4. The van der Waals surface area contributed by atoms with Gasteiger partial charge in [-0.05, 0) is 54.8 Å². The molecule has 2 aliphatic rings. The quantitative estimate of drug-likeness (QED) is 0.482. The molecular formula is C28H25N3O4S. The molecule has 3 aromatic carbocycles. The summed E-state index contributed by atoms with van der Waals surface area (Å²) in [5, 5.41) is 3.41. The lowest BCUT2D eigenvalue weighted by molar-refractivity contribution is -0.118. The minimum absolute atomic E-state index is 0.108. The number of nitrogens with zero attached hydrogens (tertiary/aromatic N) is 2. The summed E-state index contributed by atoms with van der Waals surface area (Å²) >= 11 is 1.24. The highest BCUT2D eigenvalue weighted by molar-refractivity contribution is 8.14. The van der Waals surface area contributed by atoms with Gasteiger partial charge in [-0.2, -0.15) is 0 Å². The summed E-state index contributed by atoms with van der Waals surface area (Å²) in [7, 11) is 0. The van der Waals surface area contributed by atoms with Crippen molar-refractivity contribution in [3.05, 3.63) is 95.2 Å². The summed E-state index contributed by atoms with van der Waals surface area (Å²) in [6.45, 7) is 2.72. The molecule has 3 aromatic rings. The van der Waals surface area contributed by atoms with Crippen LogP contribution in [-0.4, -0.2) is 36.1 Å². The zero-order valence-corrected chi connectivity index (χ0v) is 20.6. The summed E-state index contributed by atoms with van der Waals surface area (Å²) in [6.07, 6.45) is 2.48. The van der Waals surface area contributed by atoms with Crippen molar-refractivity contribution in [3.63, 3.8) is 0 Å². The Morgan fingerprint density at radius 1 is 1.06 bits per heavy atom. The maximum Gasteiger partial charge on any atom is 0.283 e. The zero-order valence-electron chi connectivity index (χ0n) is 19.8. The molecule has 0 unspecified atom stereocenters. The molecule has 0 radical (unpaired) electrons. The van der Waals surface area contributed by atoms with Crippen LogP contribution in [0, 0.1) is 6.92 Å². The molecule has 0 spiro atoms. The second kappa shape index (κ2) is 10.7. The van der Waals surface area contributed by atoms with Crippen LogP contribution in [0.3, 0.4) is 0 Å². The van der Waals surface area contributed by atoms with Crippen molar-refractivity contribution in [2.45, 2.75) is 13.3 Å². The Balaban J connectivity index is 1.31. The van der Waals surface area contributed by atoms with E-state index in [-0.39, 0.29) is 24.4 Å². The van der Waals surface area contributed by atoms with E-state index in [9.17, 15) is 9.59 Å². The molecule has 0 bridgehead atoms. The maximum absolute atomic E-state index is 13.4. The van der Waals surface area contributed by atoms with Gasteiger partial charge in [-0.15, -0.1) is 0 Å². The number of anilines is 1. The van der Waals surface area contributed by atoms with Crippen molar-refractivity contribution in [2.75, 3.05) is 24.0 Å². The van der Waals surface area contributed by atoms with Gasteiger partial charge in [-0.3, -0.25) is 14.5 Å². The second-order valence-electron chi connectivity index (χ2n) is 8.39. The number of thioether (sulfide) groups is 1. The number of hydrogen-bond donors (Lipinski definition) is 1. The summed E-state index contributed by atoms with van der Waals surface area (Å²) in [6, 6.07) is 23.1. The number of ether oxygens (including phenoxy) is 2. The van der Waals surface area contributed by atoms with E-state index in [1.165, 1.54) is 17.3 Å². The van der Waals surface area contributed by atoms with Crippen LogP contribution < -0.4 is 19.7 Å². The Bertz CT molecular complexity index is 1340. The summed E-state index contributed by atoms with van der Waals surface area (Å²) < 4.78 is 10.8. The lowest BCUT2D eigenvalue weighted by Crippen LogP contribution is -2.32. The van der Waals surface area contributed by atoms with Crippen molar-refractivity contribution in [1.82, 2.24) is 5.32 Å². The molecule has 0 fully saturated rings. The van der Waals surface area contributed by atoms with Gasteiger partial charge in [0.15, 0.2) is 16.7 Å². The smallest absolute Gasteiger partial charge is 0.283 e. The molecule has 182 valence electrons. The van der Waals surface area contributed by atoms with Crippen molar-refractivity contribution in [1.29, 1.82) is 0 Å². The Kier molecular flexibility index (Phi) is 7.04. The van der Waals surface area contributed by atoms with Gasteiger partial charge >= 0.3 is 0 Å². The molecular weight excluding hydrogens is 474 g/mol. The number of amides is 2. The largest absolute Gasteiger partial charge is 0.454 e. The van der Waals surface area contributed by atoms with Crippen LogP contribution in [0.2, 0.25) is 0 Å². The summed E-state index contributed by atoms with van der Waals surface area (Å²) in [5.41, 5.74) is 4.03. The number of carbonyl (C=O) groups is 2. The molecule has 5 rings (SSSR count). The Morgan fingerprint density at radius 2 is 1.83 bits per heavy atom. The Labute approximate surface area is 213 Å². The van der Waals surface area contributed by atoms with Gasteiger partial charge in [0.2, 0.25) is 12.7 Å². The van der Waals surface area contributed by atoms with Gasteiger partial charge in [0.25, 0.3) is 5.91 Å². The SMILES string of the molecule is Cc1ccc(N2C(=O)/C(=C\c3ccc4c(c3)OCO4)N=C2SCC(=O)NCCc2ccccc2)cc1. The molecule has 0 aliphatic carbocycles. The van der Waals surface area contributed by atoms with Crippen LogP contribution in [0.1, 0.15) is 16.7 Å². The fourth-order valence-corrected chi connectivity index (χ4v) is 4.69. The highest BCUT2D eigenvalue weighted by atomic mass is 32.2. The van der Waals surface area contributed by atoms with Gasteiger partial charge in [-0.25, -0.2) is 4.99 Å². The number of amidine groups is 1. The average Bonchev–Trinajstić information content (AvgIpc) is 3.48. The highest BCUT2D eigenvalue weighted by Crippen LogP contribution is 2.34. The first-order valence-electron chi connectivity index (χ1n) is 11.6. The van der Waals surface area contributed by atoms with Crippen LogP contribution in [0.15, 0.2) is 83.5 Å². The molecule has 36 heavy (non-hydrogen) atoms. The van der Waals surface area contributed by atoms with Crippen LogP contribution >= 0.6 is 11.8 Å². The number of fused-ring (bicyclic) bond motifs is 1. The minimum Gasteiger partial charge on any atom is -0.454 e. The fourth-order valence-electron chi connectivity index (χ4n) is 3.85. The van der Waals surface area contributed by atoms with Gasteiger partial charge < -0.3 is 14.8 Å². The lowest BCUT2D eigenvalue weighted by atomic mass is 10.1. The van der Waals surface area contributed by atoms with Gasteiger partial charge in [-0.1, -0.05) is 65.9 Å². The van der Waals surface area contributed by atoms with E-state index in [0.29, 0.717) is 34.6 Å². The predicted octanol–water partition coefficient (Wildman–Crippen LogP) is 4.56. The summed E-state index contributed by atoms with van der Waals surface area (Å²) in [4.78, 5) is 32.1. The first kappa shape index (κ1) is 23.7. The maximum atomic E-state index is 13.4. The van der Waals surface area contributed by atoms with E-state index in [1.54, 1.807) is 11.0 Å². The van der Waals surface area contributed by atoms with Gasteiger partial charge in [0.1, 0.15) is 5.70 Å². The Morgan fingerprint density at radius 3 is 2.64 bits per heavy atom. The standard InChI is InChI=1S/C28H25N3O4S/c1-19-7-10-22(11-8-19)31-27(33)23(15-21-9-12-24-25(16-21)35-18-34-24)30-28(31)36-17-26(32)29-14-13-20-5-3-2-4-6-20/h2-12,15-16H,13-14,17-18H2,1H3,(H,29,32)/b23-15+. The third-order valence-corrected chi connectivity index (χ3v) is 6.67. The molecule has 8 heteroatoms. The number of nitrogens with one attached hydrogen (secondary N) is 1. The van der Waals surface area contributed by atoms with Crippen molar-refractivity contribution < 1.29 is 19.1 Å². The van der Waals surface area contributed by atoms with E-state index in [1.807, 2.05) is 79.7 Å². The van der Waals surface area contributed by atoms with E-state index in [0.717, 1.165) is 17.5 Å². The summed E-state index contributed by atoms with van der Waals surface area (Å²) in [5.74, 6) is 1.11. The topological polar surface area (TPSA) is 80.2 Å². The first-order chi connectivity index (χ1) is 17.6. The van der Waals surface area contributed by atoms with E-state index < -0.39 is 0 Å². The number of rotatable bonds is 7. The van der Waals surface area contributed by atoms with Crippen molar-refractivity contribution in [2.24, 2.45) is 4.99 Å². The monoisotopic (exact) mass is 499 g/mol. The number of aryl methyl sites for hydroxylation is 1. The molecule has 0 atom stereocenters. The zero-order chi connectivity index (χ0) is 24.9. The molecule has 0 aromatic heterocycles. The second-order valence-corrected chi connectivity index (χ2v) is 9.33. The van der Waals surface area contributed by atoms with Gasteiger partial charge in [0.05, 0.1) is 11.4 Å². The third kappa shape index (κ3) is 5.44. The fraction of sp³-hybridized carbons (Fsp3) is 0.179. The lowest BCUT2D eigenvalue weighted by Gasteiger charge is -2.18. The number of hydrogen-bond acceptors (Lipinski definition) is 6. The van der Waals surface area contributed by atoms with Crippen LogP contribution in [0.5, 0.6) is 11.5 Å². The number of carbonyl (C=O) groups excluding carboxylic acids is 2. The molecule has 0 saturated carbocycles. The van der Waals surface area contributed by atoms with E-state index in [2.05, 4.69) is 10.3 Å². The molecule has 2 amide bonds. The molecule has 7 nitrogen and oxygen atoms in total. The average molecular weight is 500 g/mol. The van der Waals surface area contributed by atoms with Crippen LogP contribution in [-0.2, 0) is 16.0 Å². The number of benzene rings is 3. The van der Waals surface area contributed by atoms with Crippen molar-refractivity contribution in [3.8, 4) is 11.5 Å².